The van der Waals surface area contributed by atoms with E-state index >= 15 is 0 Å². The zero-order chi connectivity index (χ0) is 27.2. The SMILES string of the molecule is C=C[C@]1(C)C[C@@H](OC(=O)CSC2CCCC(N=C(N)N)C2)[C@@]2(C)C3C(=O)CC[C@@]3(CC[C@H]2C)[C@@H](C)[C@@H]1O. The van der Waals surface area contributed by atoms with E-state index in [2.05, 4.69) is 32.3 Å². The van der Waals surface area contributed by atoms with E-state index < -0.39 is 23.0 Å². The third-order valence-corrected chi connectivity index (χ3v) is 12.2. The molecule has 4 rings (SSSR count). The second kappa shape index (κ2) is 10.6. The number of ether oxygens (including phenoxy) is 1. The number of hydrogen-bond acceptors (Lipinski definition) is 6. The van der Waals surface area contributed by atoms with E-state index in [4.69, 9.17) is 16.2 Å². The molecule has 4 aliphatic rings. The van der Waals surface area contributed by atoms with Crippen LogP contribution in [-0.4, -0.2) is 52.1 Å². The predicted molar refractivity (Wildman–Crippen MR) is 149 cm³/mol. The molecule has 4 fully saturated rings. The van der Waals surface area contributed by atoms with E-state index in [0.717, 1.165) is 44.9 Å². The highest BCUT2D eigenvalue weighted by Gasteiger charge is 2.68. The number of rotatable bonds is 6. The monoisotopic (exact) mass is 533 g/mol. The Morgan fingerprint density at radius 2 is 1.97 bits per heavy atom. The average Bonchev–Trinajstić information content (AvgIpc) is 3.21. The minimum absolute atomic E-state index is 0.0320. The molecule has 208 valence electrons. The van der Waals surface area contributed by atoms with Crippen LogP contribution in [0.2, 0.25) is 0 Å². The van der Waals surface area contributed by atoms with Crippen molar-refractivity contribution in [1.29, 1.82) is 0 Å². The molecule has 2 bridgehead atoms. The molecule has 4 aliphatic carbocycles. The number of aliphatic hydroxyl groups is 1. The summed E-state index contributed by atoms with van der Waals surface area (Å²) in [5, 5.41) is 12.0. The van der Waals surface area contributed by atoms with Gasteiger partial charge >= 0.3 is 5.97 Å². The first kappa shape index (κ1) is 28.5. The number of thioether (sulfide) groups is 1. The fourth-order valence-electron chi connectivity index (χ4n) is 8.48. The summed E-state index contributed by atoms with van der Waals surface area (Å²) in [5.41, 5.74) is 9.81. The number of aliphatic hydroxyl groups excluding tert-OH is 1. The highest BCUT2D eigenvalue weighted by molar-refractivity contribution is 8.00. The number of esters is 1. The summed E-state index contributed by atoms with van der Waals surface area (Å²) in [6, 6.07) is 0.109. The van der Waals surface area contributed by atoms with E-state index in [1.165, 1.54) is 0 Å². The molecule has 0 amide bonds. The van der Waals surface area contributed by atoms with Gasteiger partial charge in [-0.2, -0.15) is 0 Å². The van der Waals surface area contributed by atoms with Crippen molar-refractivity contribution in [2.45, 2.75) is 109 Å². The molecule has 0 aliphatic heterocycles. The van der Waals surface area contributed by atoms with Crippen molar-refractivity contribution in [3.8, 4) is 0 Å². The Kier molecular flexibility index (Phi) is 8.12. The van der Waals surface area contributed by atoms with Crippen molar-refractivity contribution in [2.24, 2.45) is 50.5 Å². The van der Waals surface area contributed by atoms with E-state index in [0.29, 0.717) is 18.1 Å². The summed E-state index contributed by atoms with van der Waals surface area (Å²) in [7, 11) is 0. The first-order chi connectivity index (χ1) is 17.4. The third-order valence-electron chi connectivity index (χ3n) is 10.9. The summed E-state index contributed by atoms with van der Waals surface area (Å²) < 4.78 is 6.36. The van der Waals surface area contributed by atoms with Crippen molar-refractivity contribution in [2.75, 3.05) is 5.75 Å². The zero-order valence-corrected chi connectivity index (χ0v) is 23.9. The standard InChI is InChI=1S/C29H47N3O4S/c1-6-27(4)15-22(36-23(34)16-37-20-9-7-8-19(14-20)32-26(30)31)28(5)17(2)10-12-29(18(3)25(27)35)13-11-21(33)24(28)29/h6,17-20,22,24-25,35H,1,7-16H2,2-5H3,(H4,30,31,32)/t17-,18+,19?,20?,22-,24?,25+,27-,28+,29+/m1/s1. The summed E-state index contributed by atoms with van der Waals surface area (Å²) in [5.74, 6) is 0.402. The lowest BCUT2D eigenvalue weighted by atomic mass is 9.44. The molecule has 4 saturated carbocycles. The second-order valence-corrected chi connectivity index (χ2v) is 14.2. The lowest BCUT2D eigenvalue weighted by Gasteiger charge is -2.61. The normalized spacial score (nSPS) is 45.8. The van der Waals surface area contributed by atoms with Gasteiger partial charge in [0.15, 0.2) is 5.96 Å². The van der Waals surface area contributed by atoms with Gasteiger partial charge in [0.2, 0.25) is 0 Å². The summed E-state index contributed by atoms with van der Waals surface area (Å²) in [4.78, 5) is 31.2. The Bertz CT molecular complexity index is 938. The zero-order valence-electron chi connectivity index (χ0n) is 23.1. The number of nitrogens with zero attached hydrogens (tertiary/aromatic N) is 1. The molecule has 0 aromatic rings. The average molecular weight is 534 g/mol. The molecule has 0 aromatic heterocycles. The molecule has 0 aromatic carbocycles. The molecule has 8 heteroatoms. The maximum absolute atomic E-state index is 13.5. The topological polar surface area (TPSA) is 128 Å². The molecule has 10 atom stereocenters. The van der Waals surface area contributed by atoms with E-state index in [9.17, 15) is 14.7 Å². The van der Waals surface area contributed by atoms with E-state index in [1.807, 2.05) is 13.0 Å². The third kappa shape index (κ3) is 4.97. The molecule has 0 saturated heterocycles. The molecule has 3 unspecified atom stereocenters. The van der Waals surface area contributed by atoms with Crippen LogP contribution in [0.4, 0.5) is 0 Å². The van der Waals surface area contributed by atoms with Crippen LogP contribution in [-0.2, 0) is 14.3 Å². The first-order valence-corrected chi connectivity index (χ1v) is 15.2. The van der Waals surface area contributed by atoms with Crippen LogP contribution in [0.15, 0.2) is 17.6 Å². The summed E-state index contributed by atoms with van der Waals surface area (Å²) >= 11 is 1.62. The van der Waals surface area contributed by atoms with E-state index in [1.54, 1.807) is 11.8 Å². The number of hydrogen-bond donors (Lipinski definition) is 3. The highest BCUT2D eigenvalue weighted by Crippen LogP contribution is 2.68. The van der Waals surface area contributed by atoms with Crippen LogP contribution in [0.25, 0.3) is 0 Å². The molecular weight excluding hydrogens is 486 g/mol. The van der Waals surface area contributed by atoms with Gasteiger partial charge in [-0.25, -0.2) is 0 Å². The fraction of sp³-hybridized carbons (Fsp3) is 0.828. The van der Waals surface area contributed by atoms with Crippen LogP contribution < -0.4 is 11.5 Å². The number of guanidine groups is 1. The van der Waals surface area contributed by atoms with Crippen molar-refractivity contribution in [3.63, 3.8) is 0 Å². The fourth-order valence-corrected chi connectivity index (χ4v) is 9.61. The Labute approximate surface area is 226 Å². The lowest BCUT2D eigenvalue weighted by Crippen LogP contribution is -2.63. The van der Waals surface area contributed by atoms with Crippen LogP contribution >= 0.6 is 11.8 Å². The number of carbonyl (C=O) groups excluding carboxylic acids is 2. The Hall–Kier alpha value is -1.54. The van der Waals surface area contributed by atoms with Gasteiger partial charge in [-0.3, -0.25) is 14.6 Å². The second-order valence-electron chi connectivity index (χ2n) is 12.9. The maximum atomic E-state index is 13.5. The van der Waals surface area contributed by atoms with Crippen molar-refractivity contribution in [3.05, 3.63) is 12.7 Å². The number of Topliss-reactive ketones (excluding diaryl/α,β-unsaturated/α-hetero) is 1. The largest absolute Gasteiger partial charge is 0.461 e. The Morgan fingerprint density at radius 3 is 2.65 bits per heavy atom. The summed E-state index contributed by atoms with van der Waals surface area (Å²) in [6.07, 6.45) is 8.33. The molecule has 0 spiro atoms. The number of ketones is 1. The molecular formula is C29H47N3O4S. The Balaban J connectivity index is 1.57. The van der Waals surface area contributed by atoms with Gasteiger partial charge in [-0.1, -0.05) is 40.2 Å². The van der Waals surface area contributed by atoms with Crippen LogP contribution in [0.1, 0.15) is 85.5 Å². The van der Waals surface area contributed by atoms with Gasteiger partial charge in [-0.15, -0.1) is 18.3 Å². The van der Waals surface area contributed by atoms with Gasteiger partial charge in [0, 0.05) is 28.4 Å². The van der Waals surface area contributed by atoms with Crippen LogP contribution in [0.3, 0.4) is 0 Å². The van der Waals surface area contributed by atoms with Crippen LogP contribution in [0.5, 0.6) is 0 Å². The van der Waals surface area contributed by atoms with Gasteiger partial charge in [0.25, 0.3) is 0 Å². The molecule has 0 heterocycles. The smallest absolute Gasteiger partial charge is 0.316 e. The van der Waals surface area contributed by atoms with Crippen molar-refractivity contribution < 1.29 is 19.4 Å². The minimum atomic E-state index is -0.651. The quantitative estimate of drug-likeness (QED) is 0.202. The number of nitrogens with two attached hydrogens (primary N) is 2. The number of carbonyl (C=O) groups is 2. The Morgan fingerprint density at radius 1 is 1.24 bits per heavy atom. The van der Waals surface area contributed by atoms with Crippen molar-refractivity contribution in [1.82, 2.24) is 0 Å². The van der Waals surface area contributed by atoms with Crippen LogP contribution in [0, 0.1) is 34.0 Å². The maximum Gasteiger partial charge on any atom is 0.316 e. The highest BCUT2D eigenvalue weighted by atomic mass is 32.2. The first-order valence-electron chi connectivity index (χ1n) is 14.1. The molecule has 0 radical (unpaired) electrons. The van der Waals surface area contributed by atoms with Crippen molar-refractivity contribution >= 4 is 29.5 Å². The summed E-state index contributed by atoms with van der Waals surface area (Å²) in [6.45, 7) is 12.6. The van der Waals surface area contributed by atoms with E-state index in [-0.39, 0.29) is 52.7 Å². The molecule has 7 nitrogen and oxygen atoms in total. The molecule has 37 heavy (non-hydrogen) atoms. The number of aliphatic imine (C=N–C) groups is 1. The minimum Gasteiger partial charge on any atom is -0.461 e. The molecule has 5 N–H and O–H groups in total. The van der Waals surface area contributed by atoms with Gasteiger partial charge in [0.05, 0.1) is 17.9 Å². The predicted octanol–water partition coefficient (Wildman–Crippen LogP) is 4.21. The lowest BCUT2D eigenvalue weighted by molar-refractivity contribution is -0.205. The van der Waals surface area contributed by atoms with Gasteiger partial charge in [0.1, 0.15) is 11.9 Å². The van der Waals surface area contributed by atoms with Gasteiger partial charge < -0.3 is 21.3 Å². The van der Waals surface area contributed by atoms with Gasteiger partial charge in [-0.05, 0) is 62.2 Å².